The summed E-state index contributed by atoms with van der Waals surface area (Å²) in [6.07, 6.45) is 1.93. The third-order valence-electron chi connectivity index (χ3n) is 4.17. The highest BCUT2D eigenvalue weighted by atomic mass is 16.2. The van der Waals surface area contributed by atoms with Crippen LogP contribution >= 0.6 is 0 Å². The van der Waals surface area contributed by atoms with Crippen molar-refractivity contribution < 1.29 is 14.4 Å². The zero-order valence-electron chi connectivity index (χ0n) is 13.3. The Labute approximate surface area is 139 Å². The van der Waals surface area contributed by atoms with E-state index < -0.39 is 6.03 Å². The Morgan fingerprint density at radius 1 is 1.17 bits per heavy atom. The lowest BCUT2D eigenvalue weighted by Crippen LogP contribution is -2.50. The molecule has 0 radical (unpaired) electrons. The molecular weight excluding hydrogens is 312 g/mol. The molecule has 9 nitrogen and oxygen atoms in total. The molecule has 0 aliphatic carbocycles. The van der Waals surface area contributed by atoms with Crippen molar-refractivity contribution in [1.29, 1.82) is 0 Å². The highest BCUT2D eigenvalue weighted by Crippen LogP contribution is 2.20. The standard InChI is InChI=1S/C15H20N6O3/c16-12(22)10-19-5-7-20(8-6-19)13-2-1-11(9-17-13)21-4-3-14(23)18-15(21)24/h1-2,9H,3-8,10H2,(H2,16,22)(H,18,23,24). The van der Waals surface area contributed by atoms with Gasteiger partial charge in [0.25, 0.3) is 0 Å². The molecule has 0 saturated carbocycles. The highest BCUT2D eigenvalue weighted by molar-refractivity contribution is 6.05. The second-order valence-electron chi connectivity index (χ2n) is 5.86. The number of rotatable bonds is 4. The van der Waals surface area contributed by atoms with Gasteiger partial charge in [0.2, 0.25) is 11.8 Å². The molecule has 3 rings (SSSR count). The number of nitrogens with zero attached hydrogens (tertiary/aromatic N) is 4. The molecule has 2 saturated heterocycles. The summed E-state index contributed by atoms with van der Waals surface area (Å²) in [7, 11) is 0. The summed E-state index contributed by atoms with van der Waals surface area (Å²) in [6, 6.07) is 3.27. The summed E-state index contributed by atoms with van der Waals surface area (Å²) >= 11 is 0. The molecule has 2 aliphatic heterocycles. The second kappa shape index (κ2) is 6.83. The number of pyridine rings is 1. The number of nitrogens with two attached hydrogens (primary N) is 1. The Morgan fingerprint density at radius 3 is 2.50 bits per heavy atom. The first kappa shape index (κ1) is 16.2. The summed E-state index contributed by atoms with van der Waals surface area (Å²) < 4.78 is 0. The van der Waals surface area contributed by atoms with Crippen LogP contribution in [-0.2, 0) is 9.59 Å². The molecule has 0 spiro atoms. The third kappa shape index (κ3) is 3.62. The number of hydrogen-bond acceptors (Lipinski definition) is 6. The van der Waals surface area contributed by atoms with Gasteiger partial charge in [-0.3, -0.25) is 24.7 Å². The Kier molecular flexibility index (Phi) is 4.61. The predicted molar refractivity (Wildman–Crippen MR) is 87.6 cm³/mol. The first-order valence-electron chi connectivity index (χ1n) is 7.86. The summed E-state index contributed by atoms with van der Waals surface area (Å²) in [5.41, 5.74) is 5.87. The van der Waals surface area contributed by atoms with Crippen LogP contribution in [0.1, 0.15) is 6.42 Å². The molecule has 128 valence electrons. The molecule has 1 aromatic heterocycles. The fourth-order valence-electron chi connectivity index (χ4n) is 2.89. The minimum Gasteiger partial charge on any atom is -0.369 e. The first-order chi connectivity index (χ1) is 11.5. The van der Waals surface area contributed by atoms with E-state index in [1.165, 1.54) is 4.90 Å². The Balaban J connectivity index is 1.60. The van der Waals surface area contributed by atoms with Crippen LogP contribution in [0.4, 0.5) is 16.3 Å². The van der Waals surface area contributed by atoms with Gasteiger partial charge in [0.1, 0.15) is 5.82 Å². The average Bonchev–Trinajstić information content (AvgIpc) is 2.55. The molecule has 3 N–H and O–H groups in total. The van der Waals surface area contributed by atoms with Gasteiger partial charge in [0, 0.05) is 39.1 Å². The minimum atomic E-state index is -0.416. The van der Waals surface area contributed by atoms with Gasteiger partial charge in [-0.15, -0.1) is 0 Å². The Bertz CT molecular complexity index is 639. The molecule has 0 atom stereocenters. The van der Waals surface area contributed by atoms with E-state index in [1.54, 1.807) is 6.20 Å². The summed E-state index contributed by atoms with van der Waals surface area (Å²) in [4.78, 5) is 44.0. The third-order valence-corrected chi connectivity index (χ3v) is 4.17. The number of nitrogens with one attached hydrogen (secondary N) is 1. The maximum absolute atomic E-state index is 11.8. The fraction of sp³-hybridized carbons (Fsp3) is 0.467. The maximum atomic E-state index is 11.8. The van der Waals surface area contributed by atoms with Crippen LogP contribution in [0.15, 0.2) is 18.3 Å². The van der Waals surface area contributed by atoms with Crippen LogP contribution in [0.25, 0.3) is 0 Å². The molecule has 9 heteroatoms. The molecular formula is C15H20N6O3. The Hall–Kier alpha value is -2.68. The number of amides is 4. The first-order valence-corrected chi connectivity index (χ1v) is 7.86. The lowest BCUT2D eigenvalue weighted by atomic mass is 10.2. The topological polar surface area (TPSA) is 112 Å². The van der Waals surface area contributed by atoms with Gasteiger partial charge in [-0.25, -0.2) is 9.78 Å². The van der Waals surface area contributed by atoms with Gasteiger partial charge >= 0.3 is 6.03 Å². The molecule has 24 heavy (non-hydrogen) atoms. The number of carbonyl (C=O) groups excluding carboxylic acids is 3. The highest BCUT2D eigenvalue weighted by Gasteiger charge is 2.25. The number of carbonyl (C=O) groups is 3. The SMILES string of the molecule is NC(=O)CN1CCN(c2ccc(N3CCC(=O)NC3=O)cn2)CC1. The number of imide groups is 1. The van der Waals surface area contributed by atoms with Crippen LogP contribution in [0.3, 0.4) is 0 Å². The Morgan fingerprint density at radius 2 is 1.92 bits per heavy atom. The smallest absolute Gasteiger partial charge is 0.328 e. The van der Waals surface area contributed by atoms with Crippen LogP contribution in [0.5, 0.6) is 0 Å². The zero-order valence-corrected chi connectivity index (χ0v) is 13.3. The normalized spacial score (nSPS) is 19.3. The van der Waals surface area contributed by atoms with Crippen molar-refractivity contribution in [2.75, 3.05) is 49.1 Å². The number of primary amides is 1. The number of anilines is 2. The molecule has 2 aliphatic rings. The van der Waals surface area contributed by atoms with Crippen LogP contribution < -0.4 is 20.9 Å². The van der Waals surface area contributed by atoms with Gasteiger partial charge in [-0.05, 0) is 12.1 Å². The van der Waals surface area contributed by atoms with E-state index in [0.717, 1.165) is 32.0 Å². The molecule has 1 aromatic rings. The van der Waals surface area contributed by atoms with E-state index in [2.05, 4.69) is 15.2 Å². The largest absolute Gasteiger partial charge is 0.369 e. The van der Waals surface area contributed by atoms with Gasteiger partial charge < -0.3 is 10.6 Å². The van der Waals surface area contributed by atoms with Crippen molar-refractivity contribution >= 4 is 29.4 Å². The van der Waals surface area contributed by atoms with E-state index >= 15 is 0 Å². The van der Waals surface area contributed by atoms with Gasteiger partial charge in [0.15, 0.2) is 0 Å². The molecule has 0 unspecified atom stereocenters. The molecule has 0 bridgehead atoms. The molecule has 2 fully saturated rings. The van der Waals surface area contributed by atoms with Crippen LogP contribution in [0, 0.1) is 0 Å². The van der Waals surface area contributed by atoms with Gasteiger partial charge in [0.05, 0.1) is 18.4 Å². The average molecular weight is 332 g/mol. The zero-order chi connectivity index (χ0) is 17.1. The minimum absolute atomic E-state index is 0.255. The van der Waals surface area contributed by atoms with Crippen molar-refractivity contribution in [2.45, 2.75) is 6.42 Å². The van der Waals surface area contributed by atoms with Gasteiger partial charge in [-0.1, -0.05) is 0 Å². The predicted octanol–water partition coefficient (Wildman–Crippen LogP) is -0.865. The second-order valence-corrected chi connectivity index (χ2v) is 5.86. The van der Waals surface area contributed by atoms with Gasteiger partial charge in [-0.2, -0.15) is 0 Å². The number of piperazine rings is 1. The fourth-order valence-corrected chi connectivity index (χ4v) is 2.89. The lowest BCUT2D eigenvalue weighted by Gasteiger charge is -2.35. The van der Waals surface area contributed by atoms with Crippen molar-refractivity contribution in [2.24, 2.45) is 5.73 Å². The molecule has 0 aromatic carbocycles. The molecule has 4 amide bonds. The monoisotopic (exact) mass is 332 g/mol. The summed E-state index contributed by atoms with van der Waals surface area (Å²) in [5, 5.41) is 2.29. The van der Waals surface area contributed by atoms with E-state index in [0.29, 0.717) is 12.2 Å². The summed E-state index contributed by atoms with van der Waals surface area (Å²) in [5.74, 6) is 0.254. The van der Waals surface area contributed by atoms with Crippen LogP contribution in [-0.4, -0.2) is 67.0 Å². The van der Waals surface area contributed by atoms with E-state index in [4.69, 9.17) is 5.73 Å². The number of urea groups is 1. The van der Waals surface area contributed by atoms with Crippen molar-refractivity contribution in [3.8, 4) is 0 Å². The summed E-state index contributed by atoms with van der Waals surface area (Å²) in [6.45, 7) is 3.67. The van der Waals surface area contributed by atoms with Crippen molar-refractivity contribution in [3.05, 3.63) is 18.3 Å². The number of aromatic nitrogens is 1. The van der Waals surface area contributed by atoms with E-state index in [1.807, 2.05) is 17.0 Å². The maximum Gasteiger partial charge on any atom is 0.328 e. The van der Waals surface area contributed by atoms with Crippen molar-refractivity contribution in [1.82, 2.24) is 15.2 Å². The van der Waals surface area contributed by atoms with Crippen LogP contribution in [0.2, 0.25) is 0 Å². The number of hydrogen-bond donors (Lipinski definition) is 2. The van der Waals surface area contributed by atoms with E-state index in [9.17, 15) is 14.4 Å². The lowest BCUT2D eigenvalue weighted by molar-refractivity contribution is -0.120. The van der Waals surface area contributed by atoms with Crippen molar-refractivity contribution in [3.63, 3.8) is 0 Å². The quantitative estimate of drug-likeness (QED) is 0.742. The van der Waals surface area contributed by atoms with E-state index in [-0.39, 0.29) is 24.8 Å². The molecule has 3 heterocycles.